The van der Waals surface area contributed by atoms with E-state index < -0.39 is 6.16 Å². The number of ether oxygens (including phenoxy) is 2. The fourth-order valence-electron chi connectivity index (χ4n) is 2.99. The van der Waals surface area contributed by atoms with E-state index in [-0.39, 0.29) is 24.7 Å². The Morgan fingerprint density at radius 2 is 1.61 bits per heavy atom. The van der Waals surface area contributed by atoms with Crippen molar-refractivity contribution in [1.29, 1.82) is 0 Å². The van der Waals surface area contributed by atoms with E-state index in [1.54, 1.807) is 0 Å². The van der Waals surface area contributed by atoms with Crippen molar-refractivity contribution < 1.29 is 19.1 Å². The Bertz CT molecular complexity index is 346. The predicted octanol–water partition coefficient (Wildman–Crippen LogP) is 4.34. The molecule has 1 amide bonds. The van der Waals surface area contributed by atoms with E-state index in [9.17, 15) is 9.59 Å². The SMILES string of the molecule is CCCCCCCCCCCCC1OC(=O)OCC1NC(C)=O. The zero-order chi connectivity index (χ0) is 16.9. The highest BCUT2D eigenvalue weighted by atomic mass is 16.7. The number of hydrogen-bond acceptors (Lipinski definition) is 4. The van der Waals surface area contributed by atoms with Gasteiger partial charge in [-0.1, -0.05) is 64.7 Å². The van der Waals surface area contributed by atoms with Crippen molar-refractivity contribution in [2.75, 3.05) is 6.61 Å². The molecule has 1 N–H and O–H groups in total. The van der Waals surface area contributed by atoms with Crippen LogP contribution in [-0.4, -0.2) is 30.8 Å². The number of carbonyl (C=O) groups excluding carboxylic acids is 2. The fraction of sp³-hybridized carbons (Fsp3) is 0.889. The molecule has 1 aliphatic heterocycles. The average molecular weight is 327 g/mol. The molecule has 0 aromatic carbocycles. The van der Waals surface area contributed by atoms with Crippen LogP contribution in [0.1, 0.15) is 84.5 Å². The molecular formula is C18H33NO4. The van der Waals surface area contributed by atoms with Gasteiger partial charge in [0.25, 0.3) is 0 Å². The second-order valence-electron chi connectivity index (χ2n) is 6.49. The summed E-state index contributed by atoms with van der Waals surface area (Å²) in [6.45, 7) is 3.92. The minimum atomic E-state index is -0.622. The molecule has 2 unspecified atom stereocenters. The van der Waals surface area contributed by atoms with Crippen molar-refractivity contribution in [2.24, 2.45) is 0 Å². The number of nitrogens with one attached hydrogen (secondary N) is 1. The molecule has 0 bridgehead atoms. The van der Waals surface area contributed by atoms with Crippen molar-refractivity contribution in [3.63, 3.8) is 0 Å². The lowest BCUT2D eigenvalue weighted by Gasteiger charge is -2.31. The maximum Gasteiger partial charge on any atom is 0.508 e. The number of cyclic esters (lactones) is 2. The minimum Gasteiger partial charge on any atom is -0.432 e. The quantitative estimate of drug-likeness (QED) is 0.428. The standard InChI is InChI=1S/C18H33NO4/c1-3-4-5-6-7-8-9-10-11-12-13-17-16(19-15(2)20)14-22-18(21)23-17/h16-17H,3-14H2,1-2H3,(H,19,20). The molecule has 1 rings (SSSR count). The first-order valence-corrected chi connectivity index (χ1v) is 9.24. The van der Waals surface area contributed by atoms with Crippen molar-refractivity contribution in [2.45, 2.75) is 96.6 Å². The maximum atomic E-state index is 11.2. The molecule has 1 heterocycles. The van der Waals surface area contributed by atoms with Crippen LogP contribution in [0.25, 0.3) is 0 Å². The van der Waals surface area contributed by atoms with Crippen LogP contribution >= 0.6 is 0 Å². The van der Waals surface area contributed by atoms with Crippen LogP contribution in [0.5, 0.6) is 0 Å². The molecule has 0 spiro atoms. The third kappa shape index (κ3) is 9.47. The highest BCUT2D eigenvalue weighted by Crippen LogP contribution is 2.18. The maximum absolute atomic E-state index is 11.2. The molecule has 23 heavy (non-hydrogen) atoms. The van der Waals surface area contributed by atoms with E-state index in [1.807, 2.05) is 0 Å². The van der Waals surface area contributed by atoms with Crippen LogP contribution in [-0.2, 0) is 14.3 Å². The van der Waals surface area contributed by atoms with Gasteiger partial charge in [-0.15, -0.1) is 0 Å². The van der Waals surface area contributed by atoms with Gasteiger partial charge < -0.3 is 14.8 Å². The zero-order valence-electron chi connectivity index (χ0n) is 14.8. The van der Waals surface area contributed by atoms with Crippen LogP contribution in [0.2, 0.25) is 0 Å². The number of rotatable bonds is 12. The van der Waals surface area contributed by atoms with Gasteiger partial charge in [0.1, 0.15) is 18.8 Å². The normalized spacial score (nSPS) is 20.7. The van der Waals surface area contributed by atoms with Crippen molar-refractivity contribution in [1.82, 2.24) is 5.32 Å². The summed E-state index contributed by atoms with van der Waals surface area (Å²) in [6, 6.07) is -0.219. The van der Waals surface area contributed by atoms with Gasteiger partial charge in [0.05, 0.1) is 0 Å². The lowest BCUT2D eigenvalue weighted by atomic mass is 10.0. The van der Waals surface area contributed by atoms with Gasteiger partial charge in [-0.25, -0.2) is 4.79 Å². The van der Waals surface area contributed by atoms with E-state index in [0.717, 1.165) is 19.3 Å². The summed E-state index contributed by atoms with van der Waals surface area (Å²) in [5, 5.41) is 2.80. The molecule has 0 aliphatic carbocycles. The van der Waals surface area contributed by atoms with Gasteiger partial charge in [-0.3, -0.25) is 4.79 Å². The Hall–Kier alpha value is -1.26. The summed E-state index contributed by atoms with van der Waals surface area (Å²) >= 11 is 0. The highest BCUT2D eigenvalue weighted by Gasteiger charge is 2.32. The van der Waals surface area contributed by atoms with Gasteiger partial charge in [-0.2, -0.15) is 0 Å². The average Bonchev–Trinajstić information content (AvgIpc) is 2.51. The van der Waals surface area contributed by atoms with Gasteiger partial charge in [-0.05, 0) is 12.8 Å². The summed E-state index contributed by atoms with van der Waals surface area (Å²) in [4.78, 5) is 22.4. The van der Waals surface area contributed by atoms with Crippen molar-refractivity contribution >= 4 is 12.1 Å². The van der Waals surface area contributed by atoms with Crippen LogP contribution < -0.4 is 5.32 Å². The minimum absolute atomic E-state index is 0.121. The molecule has 0 radical (unpaired) electrons. The third-order valence-corrected chi connectivity index (χ3v) is 4.31. The molecule has 0 saturated carbocycles. The topological polar surface area (TPSA) is 64.6 Å². The summed E-state index contributed by atoms with van der Waals surface area (Å²) in [6.07, 6.45) is 12.7. The smallest absolute Gasteiger partial charge is 0.432 e. The van der Waals surface area contributed by atoms with Gasteiger partial charge in [0, 0.05) is 6.92 Å². The fourth-order valence-corrected chi connectivity index (χ4v) is 2.99. The molecular weight excluding hydrogens is 294 g/mol. The Kier molecular flexibility index (Phi) is 10.5. The van der Waals surface area contributed by atoms with E-state index >= 15 is 0 Å². The summed E-state index contributed by atoms with van der Waals surface area (Å²) < 4.78 is 10.1. The van der Waals surface area contributed by atoms with Crippen LogP contribution in [0.4, 0.5) is 4.79 Å². The lowest BCUT2D eigenvalue weighted by Crippen LogP contribution is -2.51. The molecule has 1 saturated heterocycles. The first-order valence-electron chi connectivity index (χ1n) is 9.24. The largest absolute Gasteiger partial charge is 0.508 e. The molecule has 1 aliphatic rings. The van der Waals surface area contributed by atoms with Crippen molar-refractivity contribution in [3.05, 3.63) is 0 Å². The molecule has 0 aromatic rings. The highest BCUT2D eigenvalue weighted by molar-refractivity contribution is 5.73. The first kappa shape index (κ1) is 19.8. The van der Waals surface area contributed by atoms with E-state index in [1.165, 1.54) is 58.3 Å². The number of unbranched alkanes of at least 4 members (excludes halogenated alkanes) is 9. The monoisotopic (exact) mass is 327 g/mol. The Labute approximate surface area is 140 Å². The summed E-state index contributed by atoms with van der Waals surface area (Å²) in [5.41, 5.74) is 0. The number of carbonyl (C=O) groups is 2. The van der Waals surface area contributed by atoms with Crippen LogP contribution in [0.3, 0.4) is 0 Å². The molecule has 2 atom stereocenters. The van der Waals surface area contributed by atoms with Crippen LogP contribution in [0.15, 0.2) is 0 Å². The Balaban J connectivity index is 2.06. The third-order valence-electron chi connectivity index (χ3n) is 4.31. The molecule has 5 heteroatoms. The lowest BCUT2D eigenvalue weighted by molar-refractivity contribution is -0.123. The number of hydrogen-bond donors (Lipinski definition) is 1. The molecule has 1 fully saturated rings. The van der Waals surface area contributed by atoms with E-state index in [0.29, 0.717) is 0 Å². The molecule has 0 aromatic heterocycles. The van der Waals surface area contributed by atoms with Gasteiger partial charge in [0.15, 0.2) is 0 Å². The van der Waals surface area contributed by atoms with Crippen molar-refractivity contribution in [3.8, 4) is 0 Å². The second-order valence-corrected chi connectivity index (χ2v) is 6.49. The van der Waals surface area contributed by atoms with E-state index in [4.69, 9.17) is 9.47 Å². The predicted molar refractivity (Wildman–Crippen MR) is 90.3 cm³/mol. The Morgan fingerprint density at radius 3 is 2.17 bits per heavy atom. The Morgan fingerprint density at radius 1 is 1.04 bits per heavy atom. The molecule has 134 valence electrons. The zero-order valence-corrected chi connectivity index (χ0v) is 14.8. The van der Waals surface area contributed by atoms with E-state index in [2.05, 4.69) is 12.2 Å². The summed E-state index contributed by atoms with van der Waals surface area (Å²) in [5.74, 6) is -0.121. The number of amides is 1. The first-order chi connectivity index (χ1) is 11.1. The molecule has 5 nitrogen and oxygen atoms in total. The van der Waals surface area contributed by atoms with Gasteiger partial charge in [0.2, 0.25) is 5.91 Å². The second kappa shape index (κ2) is 12.2. The van der Waals surface area contributed by atoms with Crippen LogP contribution in [0, 0.1) is 0 Å². The van der Waals surface area contributed by atoms with Gasteiger partial charge >= 0.3 is 6.16 Å². The summed E-state index contributed by atoms with van der Waals surface area (Å²) in [7, 11) is 0.